The Hall–Kier alpha value is -3.51. The van der Waals surface area contributed by atoms with Gasteiger partial charge in [-0.15, -0.1) is 0 Å². The van der Waals surface area contributed by atoms with Gasteiger partial charge in [0, 0.05) is 37.6 Å². The molecule has 11 heteroatoms. The summed E-state index contributed by atoms with van der Waals surface area (Å²) >= 11 is 0. The maximum Gasteiger partial charge on any atom is 0.323 e. The Kier molecular flexibility index (Phi) is 9.66. The molecular formula is C27H34N4O7. The van der Waals surface area contributed by atoms with Gasteiger partial charge in [-0.05, 0) is 48.2 Å². The van der Waals surface area contributed by atoms with Gasteiger partial charge in [-0.25, -0.2) is 4.79 Å². The van der Waals surface area contributed by atoms with E-state index in [1.807, 2.05) is 12.1 Å². The summed E-state index contributed by atoms with van der Waals surface area (Å²) in [6, 6.07) is 13.6. The largest absolute Gasteiger partial charge is 0.481 e. The normalized spacial score (nSPS) is 21.2. The molecule has 11 nitrogen and oxygen atoms in total. The molecule has 2 fully saturated rings. The van der Waals surface area contributed by atoms with Crippen LogP contribution in [0.25, 0.3) is 0 Å². The number of benzene rings is 2. The lowest BCUT2D eigenvalue weighted by atomic mass is 9.93. The molecule has 2 aromatic carbocycles. The molecule has 0 spiro atoms. The van der Waals surface area contributed by atoms with Crippen LogP contribution in [0.4, 0.5) is 16.2 Å². The van der Waals surface area contributed by atoms with Crippen molar-refractivity contribution < 1.29 is 34.1 Å². The van der Waals surface area contributed by atoms with Crippen LogP contribution in [0.5, 0.6) is 0 Å². The SMILES string of the molecule is O=C(Nc1cccc(CC(C(=O)O)C2CNCCO2)c1)Nc1cccc(CC(C(=O)O)C2CNCCO2)c1. The fourth-order valence-electron chi connectivity index (χ4n) is 4.80. The highest BCUT2D eigenvalue weighted by Crippen LogP contribution is 2.22. The van der Waals surface area contributed by atoms with Crippen molar-refractivity contribution in [1.29, 1.82) is 0 Å². The topological polar surface area (TPSA) is 158 Å². The third-order valence-electron chi connectivity index (χ3n) is 6.73. The molecule has 2 saturated heterocycles. The van der Waals surface area contributed by atoms with E-state index in [0.29, 0.717) is 50.8 Å². The van der Waals surface area contributed by atoms with Gasteiger partial charge in [-0.1, -0.05) is 24.3 Å². The maximum absolute atomic E-state index is 12.7. The predicted molar refractivity (Wildman–Crippen MR) is 140 cm³/mol. The molecule has 4 atom stereocenters. The number of ether oxygens (including phenoxy) is 2. The molecular weight excluding hydrogens is 492 g/mol. The van der Waals surface area contributed by atoms with Crippen molar-refractivity contribution in [3.05, 3.63) is 59.7 Å². The van der Waals surface area contributed by atoms with Gasteiger partial charge in [-0.2, -0.15) is 0 Å². The molecule has 0 saturated carbocycles. The van der Waals surface area contributed by atoms with Crippen molar-refractivity contribution in [2.45, 2.75) is 25.0 Å². The molecule has 0 aromatic heterocycles. The monoisotopic (exact) mass is 526 g/mol. The maximum atomic E-state index is 12.7. The molecule has 4 rings (SSSR count). The number of nitrogens with one attached hydrogen (secondary N) is 4. The Balaban J connectivity index is 1.36. The van der Waals surface area contributed by atoms with E-state index in [1.54, 1.807) is 36.4 Å². The smallest absolute Gasteiger partial charge is 0.323 e. The van der Waals surface area contributed by atoms with E-state index in [4.69, 9.17) is 9.47 Å². The molecule has 2 aliphatic rings. The van der Waals surface area contributed by atoms with Gasteiger partial charge in [0.05, 0.1) is 37.3 Å². The summed E-state index contributed by atoms with van der Waals surface area (Å²) in [5.74, 6) is -3.27. The summed E-state index contributed by atoms with van der Waals surface area (Å²) < 4.78 is 11.3. The summed E-state index contributed by atoms with van der Waals surface area (Å²) in [5.41, 5.74) is 2.59. The molecule has 2 aliphatic heterocycles. The van der Waals surface area contributed by atoms with Crippen LogP contribution < -0.4 is 21.3 Å². The van der Waals surface area contributed by atoms with E-state index < -0.39 is 42.0 Å². The van der Waals surface area contributed by atoms with E-state index in [-0.39, 0.29) is 12.8 Å². The minimum Gasteiger partial charge on any atom is -0.481 e. The second kappa shape index (κ2) is 13.3. The van der Waals surface area contributed by atoms with E-state index in [0.717, 1.165) is 11.1 Å². The average molecular weight is 527 g/mol. The van der Waals surface area contributed by atoms with Gasteiger partial charge in [0.25, 0.3) is 0 Å². The second-order valence-corrected chi connectivity index (χ2v) is 9.50. The molecule has 38 heavy (non-hydrogen) atoms. The Labute approximate surface area is 220 Å². The van der Waals surface area contributed by atoms with Crippen molar-refractivity contribution >= 4 is 29.3 Å². The van der Waals surface area contributed by atoms with Crippen molar-refractivity contribution in [2.75, 3.05) is 50.0 Å². The summed E-state index contributed by atoms with van der Waals surface area (Å²) in [6.07, 6.45) is -0.303. The number of morpholine rings is 2. The van der Waals surface area contributed by atoms with E-state index >= 15 is 0 Å². The van der Waals surface area contributed by atoms with Gasteiger partial charge in [-0.3, -0.25) is 9.59 Å². The number of carbonyl (C=O) groups is 3. The highest BCUT2D eigenvalue weighted by atomic mass is 16.5. The van der Waals surface area contributed by atoms with Gasteiger partial charge >= 0.3 is 18.0 Å². The minimum atomic E-state index is -0.925. The first-order valence-electron chi connectivity index (χ1n) is 12.7. The number of carbonyl (C=O) groups excluding carboxylic acids is 1. The van der Waals surface area contributed by atoms with Gasteiger partial charge in [0.15, 0.2) is 0 Å². The molecule has 2 amide bonds. The number of amides is 2. The van der Waals surface area contributed by atoms with Crippen molar-refractivity contribution in [2.24, 2.45) is 11.8 Å². The molecule has 204 valence electrons. The molecule has 2 aromatic rings. The minimum absolute atomic E-state index is 0.270. The summed E-state index contributed by atoms with van der Waals surface area (Å²) in [7, 11) is 0. The highest BCUT2D eigenvalue weighted by molar-refractivity contribution is 5.99. The lowest BCUT2D eigenvalue weighted by molar-refractivity contribution is -0.149. The van der Waals surface area contributed by atoms with E-state index in [2.05, 4.69) is 21.3 Å². The lowest BCUT2D eigenvalue weighted by Gasteiger charge is -2.28. The Bertz CT molecular complexity index is 1030. The van der Waals surface area contributed by atoms with Crippen LogP contribution in [0, 0.1) is 11.8 Å². The third kappa shape index (κ3) is 7.75. The molecule has 0 radical (unpaired) electrons. The van der Waals surface area contributed by atoms with Gasteiger partial charge in [0.2, 0.25) is 0 Å². The molecule has 4 unspecified atom stereocenters. The van der Waals surface area contributed by atoms with Crippen LogP contribution in [0.2, 0.25) is 0 Å². The standard InChI is InChI=1S/C27H34N4O7/c32-25(33)21(23-15-28-7-9-37-23)13-17-3-1-5-19(11-17)30-27(36)31-20-6-2-4-18(12-20)14-22(26(34)35)24-16-29-8-10-38-24/h1-6,11-12,21-24,28-29H,7-10,13-16H2,(H,32,33)(H,34,35)(H2,30,31,36). The Morgan fingerprint density at radius 1 is 0.789 bits per heavy atom. The second-order valence-electron chi connectivity index (χ2n) is 9.50. The first kappa shape index (κ1) is 27.5. The molecule has 2 heterocycles. The number of rotatable bonds is 10. The zero-order valence-electron chi connectivity index (χ0n) is 21.0. The van der Waals surface area contributed by atoms with Gasteiger partial charge < -0.3 is 41.0 Å². The Morgan fingerprint density at radius 2 is 1.24 bits per heavy atom. The summed E-state index contributed by atoms with van der Waals surface area (Å²) in [4.78, 5) is 36.4. The van der Waals surface area contributed by atoms with Crippen LogP contribution in [-0.2, 0) is 31.9 Å². The lowest BCUT2D eigenvalue weighted by Crippen LogP contribution is -2.45. The van der Waals surface area contributed by atoms with Crippen LogP contribution in [0.15, 0.2) is 48.5 Å². The first-order chi connectivity index (χ1) is 18.4. The molecule has 0 bridgehead atoms. The number of urea groups is 1. The summed E-state index contributed by atoms with van der Waals surface area (Å²) in [5, 5.41) is 31.3. The Morgan fingerprint density at radius 3 is 1.61 bits per heavy atom. The average Bonchev–Trinajstić information content (AvgIpc) is 2.91. The molecule has 6 N–H and O–H groups in total. The van der Waals surface area contributed by atoms with Crippen LogP contribution in [0.1, 0.15) is 11.1 Å². The number of hydrogen-bond donors (Lipinski definition) is 6. The number of carboxylic acids is 2. The molecule has 0 aliphatic carbocycles. The van der Waals surface area contributed by atoms with E-state index in [9.17, 15) is 24.6 Å². The van der Waals surface area contributed by atoms with E-state index in [1.165, 1.54) is 0 Å². The number of aliphatic carboxylic acids is 2. The highest BCUT2D eigenvalue weighted by Gasteiger charge is 2.31. The van der Waals surface area contributed by atoms with Crippen molar-refractivity contribution in [3.63, 3.8) is 0 Å². The van der Waals surface area contributed by atoms with Crippen LogP contribution in [0.3, 0.4) is 0 Å². The fraction of sp³-hybridized carbons (Fsp3) is 0.444. The van der Waals surface area contributed by atoms with Gasteiger partial charge in [0.1, 0.15) is 0 Å². The number of hydrogen-bond acceptors (Lipinski definition) is 7. The fourth-order valence-corrected chi connectivity index (χ4v) is 4.80. The predicted octanol–water partition coefficient (Wildman–Crippen LogP) is 1.79. The number of anilines is 2. The first-order valence-corrected chi connectivity index (χ1v) is 12.7. The third-order valence-corrected chi connectivity index (χ3v) is 6.73. The quantitative estimate of drug-likeness (QED) is 0.271. The van der Waals surface area contributed by atoms with Crippen LogP contribution >= 0.6 is 0 Å². The van der Waals surface area contributed by atoms with Crippen molar-refractivity contribution in [3.8, 4) is 0 Å². The zero-order chi connectivity index (χ0) is 26.9. The zero-order valence-corrected chi connectivity index (χ0v) is 21.0. The number of carboxylic acid groups (broad SMARTS) is 2. The van der Waals surface area contributed by atoms with Crippen LogP contribution in [-0.4, -0.2) is 79.8 Å². The summed E-state index contributed by atoms with van der Waals surface area (Å²) in [6.45, 7) is 3.31. The van der Waals surface area contributed by atoms with Crippen molar-refractivity contribution in [1.82, 2.24) is 10.6 Å².